The first kappa shape index (κ1) is 15.6. The van der Waals surface area contributed by atoms with Gasteiger partial charge in [0.2, 0.25) is 0 Å². The van der Waals surface area contributed by atoms with Crippen molar-refractivity contribution in [2.24, 2.45) is 5.41 Å². The van der Waals surface area contributed by atoms with E-state index in [-0.39, 0.29) is 16.9 Å². The molecular weight excluding hydrogens is 471 g/mol. The van der Waals surface area contributed by atoms with Crippen molar-refractivity contribution in [3.63, 3.8) is 0 Å². The largest absolute Gasteiger partial charge is 0.487 e. The molecule has 2 atom stereocenters. The molecule has 5 heteroatoms. The summed E-state index contributed by atoms with van der Waals surface area (Å²) in [5.41, 5.74) is 0.200. The molecule has 1 spiro atoms. The van der Waals surface area contributed by atoms with Gasteiger partial charge in [0.15, 0.2) is 0 Å². The molecule has 2 fully saturated rings. The summed E-state index contributed by atoms with van der Waals surface area (Å²) < 4.78 is 9.31. The topological polar surface area (TPSA) is 9.23 Å². The second-order valence-corrected chi connectivity index (χ2v) is 8.95. The zero-order valence-electron chi connectivity index (χ0n) is 11.0. The molecule has 110 valence electrons. The fraction of sp³-hybridized carbons (Fsp3) is 0.600. The van der Waals surface area contributed by atoms with Crippen LogP contribution in [0.4, 0.5) is 0 Å². The lowest BCUT2D eigenvalue weighted by molar-refractivity contribution is -0.0657. The van der Waals surface area contributed by atoms with E-state index < -0.39 is 0 Å². The van der Waals surface area contributed by atoms with Gasteiger partial charge in [0.1, 0.15) is 11.9 Å². The summed E-state index contributed by atoms with van der Waals surface area (Å²) in [5, 5.41) is 0.279. The molecule has 0 aromatic heterocycles. The number of benzene rings is 1. The fourth-order valence-electron chi connectivity index (χ4n) is 3.49. The third-order valence-electron chi connectivity index (χ3n) is 4.69. The fourth-order valence-corrected chi connectivity index (χ4v) is 6.46. The first-order valence-electron chi connectivity index (χ1n) is 6.98. The Morgan fingerprint density at radius 2 is 1.65 bits per heavy atom. The minimum absolute atomic E-state index is 0.200. The summed E-state index contributed by atoms with van der Waals surface area (Å²) >= 11 is 17.2. The van der Waals surface area contributed by atoms with Gasteiger partial charge < -0.3 is 4.74 Å². The molecule has 0 heterocycles. The molecular formula is C15H16Br3ClO. The number of alkyl halides is 1. The lowest BCUT2D eigenvalue weighted by Gasteiger charge is -2.55. The van der Waals surface area contributed by atoms with Gasteiger partial charge in [-0.2, -0.15) is 0 Å². The van der Waals surface area contributed by atoms with E-state index in [1.807, 2.05) is 12.1 Å². The Morgan fingerprint density at radius 3 is 2.20 bits per heavy atom. The van der Waals surface area contributed by atoms with E-state index in [2.05, 4.69) is 47.8 Å². The maximum atomic E-state index is 6.54. The van der Waals surface area contributed by atoms with Gasteiger partial charge in [-0.25, -0.2) is 0 Å². The first-order chi connectivity index (χ1) is 9.53. The van der Waals surface area contributed by atoms with Crippen molar-refractivity contribution < 1.29 is 4.74 Å². The molecule has 2 saturated carbocycles. The minimum Gasteiger partial charge on any atom is -0.487 e. The van der Waals surface area contributed by atoms with Crippen LogP contribution in [0, 0.1) is 5.41 Å². The van der Waals surface area contributed by atoms with Crippen molar-refractivity contribution in [3.05, 3.63) is 25.6 Å². The van der Waals surface area contributed by atoms with E-state index in [1.165, 1.54) is 32.1 Å². The number of rotatable bonds is 2. The molecule has 3 rings (SSSR count). The predicted octanol–water partition coefficient (Wildman–Crippen LogP) is 6.68. The van der Waals surface area contributed by atoms with Gasteiger partial charge in [-0.15, -0.1) is 11.6 Å². The lowest BCUT2D eigenvalue weighted by Crippen LogP contribution is -2.58. The molecule has 2 unspecified atom stereocenters. The number of halogens is 4. The Morgan fingerprint density at radius 1 is 1.05 bits per heavy atom. The van der Waals surface area contributed by atoms with Crippen LogP contribution in [0.2, 0.25) is 0 Å². The second-order valence-electron chi connectivity index (χ2n) is 5.80. The molecule has 0 amide bonds. The Labute approximate surface area is 150 Å². The normalized spacial score (nSPS) is 28.2. The molecule has 0 saturated heterocycles. The molecule has 0 aliphatic heterocycles. The van der Waals surface area contributed by atoms with Crippen molar-refractivity contribution in [1.29, 1.82) is 0 Å². The van der Waals surface area contributed by atoms with Crippen LogP contribution in [0.5, 0.6) is 5.75 Å². The first-order valence-corrected chi connectivity index (χ1v) is 9.80. The molecule has 1 aromatic carbocycles. The van der Waals surface area contributed by atoms with Crippen molar-refractivity contribution in [2.45, 2.75) is 50.0 Å². The van der Waals surface area contributed by atoms with E-state index in [1.54, 1.807) is 0 Å². The number of hydrogen-bond acceptors (Lipinski definition) is 1. The minimum atomic E-state index is 0.200. The van der Waals surface area contributed by atoms with E-state index in [9.17, 15) is 0 Å². The van der Waals surface area contributed by atoms with Crippen LogP contribution in [0.25, 0.3) is 0 Å². The number of ether oxygens (including phenoxy) is 1. The monoisotopic (exact) mass is 484 g/mol. The molecule has 20 heavy (non-hydrogen) atoms. The zero-order chi connectivity index (χ0) is 14.3. The van der Waals surface area contributed by atoms with E-state index in [0.717, 1.165) is 25.6 Å². The second kappa shape index (κ2) is 6.10. The van der Waals surface area contributed by atoms with Gasteiger partial charge in [0.25, 0.3) is 0 Å². The summed E-state index contributed by atoms with van der Waals surface area (Å²) in [6.07, 6.45) is 7.52. The highest BCUT2D eigenvalue weighted by atomic mass is 79.9. The van der Waals surface area contributed by atoms with Crippen molar-refractivity contribution in [2.75, 3.05) is 0 Å². The summed E-state index contributed by atoms with van der Waals surface area (Å²) in [4.78, 5) is 0. The molecule has 1 nitrogen and oxygen atoms in total. The van der Waals surface area contributed by atoms with Crippen molar-refractivity contribution in [3.8, 4) is 5.75 Å². The van der Waals surface area contributed by atoms with Crippen LogP contribution in [0.1, 0.15) is 38.5 Å². The Bertz CT molecular complexity index is 491. The van der Waals surface area contributed by atoms with Crippen LogP contribution in [0.3, 0.4) is 0 Å². The van der Waals surface area contributed by atoms with Crippen LogP contribution in [0.15, 0.2) is 25.6 Å². The summed E-state index contributed by atoms with van der Waals surface area (Å²) in [7, 11) is 0. The van der Waals surface area contributed by atoms with Gasteiger partial charge in [0.05, 0.1) is 8.95 Å². The Balaban J connectivity index is 1.82. The molecule has 2 aliphatic rings. The Kier molecular flexibility index (Phi) is 4.77. The molecule has 1 aromatic rings. The number of hydrogen-bond donors (Lipinski definition) is 0. The van der Waals surface area contributed by atoms with Crippen LogP contribution < -0.4 is 4.74 Å². The highest BCUT2D eigenvalue weighted by Crippen LogP contribution is 2.56. The lowest BCUT2D eigenvalue weighted by atomic mass is 9.58. The van der Waals surface area contributed by atoms with Crippen LogP contribution in [-0.4, -0.2) is 11.5 Å². The van der Waals surface area contributed by atoms with Crippen molar-refractivity contribution >= 4 is 59.4 Å². The van der Waals surface area contributed by atoms with Gasteiger partial charge in [-0.1, -0.05) is 35.2 Å². The summed E-state index contributed by atoms with van der Waals surface area (Å²) in [5.74, 6) is 0.895. The van der Waals surface area contributed by atoms with E-state index in [0.29, 0.717) is 0 Å². The maximum Gasteiger partial charge on any atom is 0.148 e. The quantitative estimate of drug-likeness (QED) is 0.423. The summed E-state index contributed by atoms with van der Waals surface area (Å²) in [6.45, 7) is 0. The highest BCUT2D eigenvalue weighted by Gasteiger charge is 2.56. The average molecular weight is 487 g/mol. The highest BCUT2D eigenvalue weighted by molar-refractivity contribution is 9.11. The zero-order valence-corrected chi connectivity index (χ0v) is 16.5. The maximum absolute atomic E-state index is 6.54. The third kappa shape index (κ3) is 2.70. The predicted molar refractivity (Wildman–Crippen MR) is 93.7 cm³/mol. The van der Waals surface area contributed by atoms with Gasteiger partial charge in [-0.3, -0.25) is 0 Å². The molecule has 0 bridgehead atoms. The molecule has 0 radical (unpaired) electrons. The summed E-state index contributed by atoms with van der Waals surface area (Å²) in [6, 6.07) is 4.04. The average Bonchev–Trinajstić information content (AvgIpc) is 2.42. The third-order valence-corrected chi connectivity index (χ3v) is 6.94. The van der Waals surface area contributed by atoms with E-state index in [4.69, 9.17) is 16.3 Å². The van der Waals surface area contributed by atoms with Gasteiger partial charge in [-0.05, 0) is 56.8 Å². The van der Waals surface area contributed by atoms with Gasteiger partial charge >= 0.3 is 0 Å². The standard InChI is InChI=1S/C15H16Br3ClO/c16-9-6-10(17)14(11(18)7-9)20-13-8-12(19)15(13)4-2-1-3-5-15/h6-7,12-13H,1-5,8H2. The Hall–Kier alpha value is 0.750. The smallest absolute Gasteiger partial charge is 0.148 e. The van der Waals surface area contributed by atoms with E-state index >= 15 is 0 Å². The van der Waals surface area contributed by atoms with Gasteiger partial charge in [0, 0.05) is 21.7 Å². The van der Waals surface area contributed by atoms with Crippen molar-refractivity contribution in [1.82, 2.24) is 0 Å². The van der Waals surface area contributed by atoms with Crippen LogP contribution >= 0.6 is 59.4 Å². The SMILES string of the molecule is ClC1CC(Oc2c(Br)cc(Br)cc2Br)C12CCCCC2. The van der Waals surface area contributed by atoms with Crippen LogP contribution in [-0.2, 0) is 0 Å². The molecule has 0 N–H and O–H groups in total. The molecule has 2 aliphatic carbocycles.